The maximum atomic E-state index is 12.7. The highest BCUT2D eigenvalue weighted by molar-refractivity contribution is 9.10. The first-order valence-corrected chi connectivity index (χ1v) is 6.95. The minimum atomic E-state index is -0.290. The van der Waals surface area contributed by atoms with E-state index >= 15 is 0 Å². The predicted molar refractivity (Wildman–Crippen MR) is 87.5 cm³/mol. The van der Waals surface area contributed by atoms with E-state index in [1.807, 2.05) is 24.3 Å². The molecule has 0 aliphatic heterocycles. The fraction of sp³-hybridized carbons (Fsp3) is 0. The van der Waals surface area contributed by atoms with Crippen LogP contribution in [0.2, 0.25) is 0 Å². The van der Waals surface area contributed by atoms with Crippen molar-refractivity contribution in [3.05, 3.63) is 64.4 Å². The number of hydrogen-bond acceptors (Lipinski definition) is 2. The molecule has 20 heavy (non-hydrogen) atoms. The van der Waals surface area contributed by atoms with Crippen molar-refractivity contribution < 1.29 is 4.39 Å². The summed E-state index contributed by atoms with van der Waals surface area (Å²) < 4.78 is 13.7. The van der Waals surface area contributed by atoms with E-state index in [0.717, 1.165) is 10.0 Å². The molecule has 0 heterocycles. The lowest BCUT2D eigenvalue weighted by atomic mass is 10.2. The molecule has 0 spiro atoms. The number of nitrogens with zero attached hydrogens (tertiary/aromatic N) is 1. The number of hydrazone groups is 1. The van der Waals surface area contributed by atoms with Crippen molar-refractivity contribution in [1.29, 1.82) is 0 Å². The molecule has 2 aromatic rings. The Kier molecular flexibility index (Phi) is 5.20. The highest BCUT2D eigenvalue weighted by atomic mass is 79.9. The standard InChI is InChI=1S/C14H11BrFN3S/c15-13-4-2-1-3-10(13)9-17-19-14(20)18-12-7-5-11(16)6-8-12/h1-9H,(H2,18,19,20). The van der Waals surface area contributed by atoms with Gasteiger partial charge in [-0.15, -0.1) is 0 Å². The summed E-state index contributed by atoms with van der Waals surface area (Å²) in [5.41, 5.74) is 4.33. The van der Waals surface area contributed by atoms with Crippen molar-refractivity contribution in [3.8, 4) is 0 Å². The van der Waals surface area contributed by atoms with E-state index < -0.39 is 0 Å². The first-order valence-electron chi connectivity index (χ1n) is 5.75. The van der Waals surface area contributed by atoms with Gasteiger partial charge in [-0.25, -0.2) is 4.39 Å². The molecule has 6 heteroatoms. The molecule has 0 fully saturated rings. The molecule has 0 unspecified atom stereocenters. The van der Waals surface area contributed by atoms with Gasteiger partial charge in [0.25, 0.3) is 0 Å². The maximum absolute atomic E-state index is 12.7. The van der Waals surface area contributed by atoms with Gasteiger partial charge in [0.2, 0.25) is 0 Å². The van der Waals surface area contributed by atoms with Crippen molar-refractivity contribution in [2.45, 2.75) is 0 Å². The molecule has 3 nitrogen and oxygen atoms in total. The number of thiocarbonyl (C=S) groups is 1. The van der Waals surface area contributed by atoms with Gasteiger partial charge in [-0.2, -0.15) is 5.10 Å². The van der Waals surface area contributed by atoms with Crippen LogP contribution in [-0.4, -0.2) is 11.3 Å². The van der Waals surface area contributed by atoms with Crippen LogP contribution in [-0.2, 0) is 0 Å². The molecule has 0 saturated carbocycles. The number of rotatable bonds is 3. The predicted octanol–water partition coefficient (Wildman–Crippen LogP) is 3.91. The normalized spacial score (nSPS) is 10.5. The molecule has 0 aromatic heterocycles. The summed E-state index contributed by atoms with van der Waals surface area (Å²) in [5.74, 6) is -0.290. The van der Waals surface area contributed by atoms with E-state index in [4.69, 9.17) is 12.2 Å². The zero-order valence-electron chi connectivity index (χ0n) is 10.3. The average molecular weight is 352 g/mol. The van der Waals surface area contributed by atoms with Crippen molar-refractivity contribution in [3.63, 3.8) is 0 Å². The molecule has 2 N–H and O–H groups in total. The number of halogens is 2. The molecule has 2 aromatic carbocycles. The van der Waals surface area contributed by atoms with Crippen LogP contribution >= 0.6 is 28.1 Å². The number of nitrogens with one attached hydrogen (secondary N) is 2. The molecule has 2 rings (SSSR count). The second-order valence-electron chi connectivity index (χ2n) is 3.85. The Morgan fingerprint density at radius 2 is 1.85 bits per heavy atom. The molecule has 0 saturated heterocycles. The third kappa shape index (κ3) is 4.40. The van der Waals surface area contributed by atoms with Gasteiger partial charge in [-0.3, -0.25) is 5.43 Å². The summed E-state index contributed by atoms with van der Waals surface area (Å²) >= 11 is 8.50. The van der Waals surface area contributed by atoms with E-state index in [9.17, 15) is 4.39 Å². The van der Waals surface area contributed by atoms with Crippen molar-refractivity contribution in [2.75, 3.05) is 5.32 Å². The minimum absolute atomic E-state index is 0.290. The van der Waals surface area contributed by atoms with E-state index in [-0.39, 0.29) is 5.82 Å². The molecule has 0 bridgehead atoms. The van der Waals surface area contributed by atoms with Crippen molar-refractivity contribution in [1.82, 2.24) is 5.43 Å². The largest absolute Gasteiger partial charge is 0.331 e. The molecular formula is C14H11BrFN3S. The first-order chi connectivity index (χ1) is 9.65. The van der Waals surface area contributed by atoms with Crippen LogP contribution in [0.15, 0.2) is 58.1 Å². The smallest absolute Gasteiger partial charge is 0.191 e. The summed E-state index contributed by atoms with van der Waals surface area (Å²) in [5, 5.41) is 7.26. The van der Waals surface area contributed by atoms with Gasteiger partial charge in [0, 0.05) is 15.7 Å². The topological polar surface area (TPSA) is 36.4 Å². The summed E-state index contributed by atoms with van der Waals surface area (Å²) in [4.78, 5) is 0. The van der Waals surface area contributed by atoms with E-state index in [1.165, 1.54) is 12.1 Å². The van der Waals surface area contributed by atoms with E-state index in [2.05, 4.69) is 31.8 Å². The molecule has 0 radical (unpaired) electrons. The lowest BCUT2D eigenvalue weighted by Crippen LogP contribution is -2.23. The van der Waals surface area contributed by atoms with Crippen LogP contribution in [0.25, 0.3) is 0 Å². The Bertz CT molecular complexity index is 629. The number of anilines is 1. The Balaban J connectivity index is 1.89. The molecular weight excluding hydrogens is 341 g/mol. The molecule has 0 atom stereocenters. The summed E-state index contributed by atoms with van der Waals surface area (Å²) in [6.07, 6.45) is 1.66. The van der Waals surface area contributed by atoms with Gasteiger partial charge in [0.15, 0.2) is 5.11 Å². The zero-order valence-corrected chi connectivity index (χ0v) is 12.7. The Labute approximate surface area is 130 Å². The first kappa shape index (κ1) is 14.6. The SMILES string of the molecule is Fc1ccc(NC(=S)NN=Cc2ccccc2Br)cc1. The second-order valence-corrected chi connectivity index (χ2v) is 5.12. The lowest BCUT2D eigenvalue weighted by molar-refractivity contribution is 0.628. The highest BCUT2D eigenvalue weighted by Crippen LogP contribution is 2.13. The quantitative estimate of drug-likeness (QED) is 0.500. The molecule has 0 aliphatic rings. The minimum Gasteiger partial charge on any atom is -0.331 e. The van der Waals surface area contributed by atoms with Crippen LogP contribution in [0.1, 0.15) is 5.56 Å². The average Bonchev–Trinajstić information content (AvgIpc) is 2.43. The van der Waals surface area contributed by atoms with Crippen LogP contribution in [0.3, 0.4) is 0 Å². The van der Waals surface area contributed by atoms with Crippen molar-refractivity contribution in [2.24, 2.45) is 5.10 Å². The van der Waals surface area contributed by atoms with Crippen LogP contribution in [0, 0.1) is 5.82 Å². The van der Waals surface area contributed by atoms with Gasteiger partial charge in [-0.1, -0.05) is 34.1 Å². The van der Waals surface area contributed by atoms with Crippen LogP contribution < -0.4 is 10.7 Å². The van der Waals surface area contributed by atoms with E-state index in [1.54, 1.807) is 18.3 Å². The number of hydrogen-bond donors (Lipinski definition) is 2. The molecule has 102 valence electrons. The summed E-state index contributed by atoms with van der Waals surface area (Å²) in [6.45, 7) is 0. The highest BCUT2D eigenvalue weighted by Gasteiger charge is 1.97. The fourth-order valence-corrected chi connectivity index (χ4v) is 1.99. The third-order valence-corrected chi connectivity index (χ3v) is 3.29. The van der Waals surface area contributed by atoms with Crippen LogP contribution in [0.4, 0.5) is 10.1 Å². The Morgan fingerprint density at radius 3 is 2.55 bits per heavy atom. The monoisotopic (exact) mass is 351 g/mol. The number of benzene rings is 2. The zero-order chi connectivity index (χ0) is 14.4. The molecule has 0 amide bonds. The lowest BCUT2D eigenvalue weighted by Gasteiger charge is -2.06. The van der Waals surface area contributed by atoms with Gasteiger partial charge in [-0.05, 0) is 42.5 Å². The second kappa shape index (κ2) is 7.12. The van der Waals surface area contributed by atoms with E-state index in [0.29, 0.717) is 10.8 Å². The van der Waals surface area contributed by atoms with Gasteiger partial charge < -0.3 is 5.32 Å². The van der Waals surface area contributed by atoms with Crippen molar-refractivity contribution >= 4 is 45.2 Å². The Morgan fingerprint density at radius 1 is 1.15 bits per heavy atom. The van der Waals surface area contributed by atoms with Gasteiger partial charge in [0.1, 0.15) is 5.82 Å². The maximum Gasteiger partial charge on any atom is 0.191 e. The summed E-state index contributed by atoms with van der Waals surface area (Å²) in [6, 6.07) is 13.6. The van der Waals surface area contributed by atoms with Gasteiger partial charge >= 0.3 is 0 Å². The molecule has 0 aliphatic carbocycles. The Hall–Kier alpha value is -1.79. The summed E-state index contributed by atoms with van der Waals surface area (Å²) in [7, 11) is 0. The van der Waals surface area contributed by atoms with Crippen LogP contribution in [0.5, 0.6) is 0 Å². The van der Waals surface area contributed by atoms with Gasteiger partial charge in [0.05, 0.1) is 6.21 Å². The fourth-order valence-electron chi connectivity index (χ4n) is 1.43. The third-order valence-electron chi connectivity index (χ3n) is 2.38.